The van der Waals surface area contributed by atoms with Crippen molar-refractivity contribution in [1.29, 1.82) is 0 Å². The molecule has 22 heavy (non-hydrogen) atoms. The molecule has 0 radical (unpaired) electrons. The zero-order valence-electron chi connectivity index (χ0n) is 12.8. The van der Waals surface area contributed by atoms with E-state index in [2.05, 4.69) is 0 Å². The Hall–Kier alpha value is -2.17. The maximum absolute atomic E-state index is 11.7. The van der Waals surface area contributed by atoms with E-state index in [1.54, 1.807) is 4.90 Å². The van der Waals surface area contributed by atoms with Gasteiger partial charge in [0, 0.05) is 25.1 Å². The molecule has 1 saturated heterocycles. The lowest BCUT2D eigenvalue weighted by molar-refractivity contribution is -0.143. The van der Waals surface area contributed by atoms with Gasteiger partial charge in [0.15, 0.2) is 0 Å². The van der Waals surface area contributed by atoms with Crippen LogP contribution in [0.1, 0.15) is 38.2 Å². The molecule has 0 N–H and O–H groups in total. The molecule has 0 aliphatic carbocycles. The van der Waals surface area contributed by atoms with Crippen LogP contribution in [-0.4, -0.2) is 30.8 Å². The summed E-state index contributed by atoms with van der Waals surface area (Å²) in [5.74, 6) is -0.0470. The summed E-state index contributed by atoms with van der Waals surface area (Å²) in [6.07, 6.45) is 2.71. The SMILES string of the molecule is CC(=O)CCCOC(=O)Cc1ccc(N2CCCC2=O)cc1. The van der Waals surface area contributed by atoms with Gasteiger partial charge in [0.2, 0.25) is 5.91 Å². The van der Waals surface area contributed by atoms with Crippen LogP contribution in [-0.2, 0) is 25.5 Å². The molecule has 0 atom stereocenters. The number of benzene rings is 1. The van der Waals surface area contributed by atoms with Crippen molar-refractivity contribution in [2.45, 2.75) is 39.0 Å². The van der Waals surface area contributed by atoms with Gasteiger partial charge in [0.05, 0.1) is 13.0 Å². The number of ether oxygens (including phenoxy) is 1. The van der Waals surface area contributed by atoms with Crippen molar-refractivity contribution in [2.75, 3.05) is 18.1 Å². The molecular weight excluding hydrogens is 282 g/mol. The van der Waals surface area contributed by atoms with Crippen molar-refractivity contribution in [1.82, 2.24) is 0 Å². The lowest BCUT2D eigenvalue weighted by Crippen LogP contribution is -2.23. The average molecular weight is 303 g/mol. The molecule has 0 bridgehead atoms. The van der Waals surface area contributed by atoms with Crippen molar-refractivity contribution in [2.24, 2.45) is 0 Å². The van der Waals surface area contributed by atoms with Crippen LogP contribution < -0.4 is 4.90 Å². The van der Waals surface area contributed by atoms with E-state index < -0.39 is 0 Å². The highest BCUT2D eigenvalue weighted by Gasteiger charge is 2.21. The van der Waals surface area contributed by atoms with Crippen molar-refractivity contribution in [3.05, 3.63) is 29.8 Å². The summed E-state index contributed by atoms with van der Waals surface area (Å²) < 4.78 is 5.09. The maximum atomic E-state index is 11.7. The number of Topliss-reactive ketones (excluding diaryl/α,β-unsaturated/α-hetero) is 1. The molecule has 1 aliphatic rings. The summed E-state index contributed by atoms with van der Waals surface area (Å²) in [7, 11) is 0. The van der Waals surface area contributed by atoms with E-state index >= 15 is 0 Å². The lowest BCUT2D eigenvalue weighted by atomic mass is 10.1. The average Bonchev–Trinajstić information content (AvgIpc) is 2.90. The Bertz CT molecular complexity index is 550. The molecule has 1 amide bonds. The third kappa shape index (κ3) is 4.69. The Kier molecular flexibility index (Phi) is 5.69. The van der Waals surface area contributed by atoms with Crippen molar-refractivity contribution < 1.29 is 19.1 Å². The number of carbonyl (C=O) groups is 3. The lowest BCUT2D eigenvalue weighted by Gasteiger charge is -2.15. The monoisotopic (exact) mass is 303 g/mol. The first-order chi connectivity index (χ1) is 10.6. The summed E-state index contributed by atoms with van der Waals surface area (Å²) in [5.41, 5.74) is 1.73. The number of esters is 1. The molecule has 0 aromatic heterocycles. The highest BCUT2D eigenvalue weighted by atomic mass is 16.5. The first-order valence-corrected chi connectivity index (χ1v) is 7.60. The van der Waals surface area contributed by atoms with Gasteiger partial charge >= 0.3 is 5.97 Å². The van der Waals surface area contributed by atoms with Gasteiger partial charge in [-0.2, -0.15) is 0 Å². The van der Waals surface area contributed by atoms with Crippen LogP contribution in [0.25, 0.3) is 0 Å². The first-order valence-electron chi connectivity index (χ1n) is 7.60. The van der Waals surface area contributed by atoms with Crippen molar-refractivity contribution in [3.63, 3.8) is 0 Å². The van der Waals surface area contributed by atoms with Crippen LogP contribution in [0.3, 0.4) is 0 Å². The highest BCUT2D eigenvalue weighted by Crippen LogP contribution is 2.21. The molecular formula is C17H21NO4. The topological polar surface area (TPSA) is 63.7 Å². The van der Waals surface area contributed by atoms with Crippen molar-refractivity contribution >= 4 is 23.3 Å². The Morgan fingerprint density at radius 1 is 1.23 bits per heavy atom. The standard InChI is InChI=1S/C17H21NO4/c1-13(19)4-3-11-22-17(21)12-14-6-8-15(9-7-14)18-10-2-5-16(18)20/h6-9H,2-5,10-12H2,1H3. The third-order valence-corrected chi connectivity index (χ3v) is 3.61. The molecule has 1 aliphatic heterocycles. The van der Waals surface area contributed by atoms with E-state index in [9.17, 15) is 14.4 Å². The highest BCUT2D eigenvalue weighted by molar-refractivity contribution is 5.95. The predicted octanol–water partition coefficient (Wildman–Crippen LogP) is 2.27. The van der Waals surface area contributed by atoms with E-state index in [0.717, 1.165) is 24.2 Å². The summed E-state index contributed by atoms with van der Waals surface area (Å²) in [6.45, 7) is 2.56. The van der Waals surface area contributed by atoms with Crippen LogP contribution in [0.5, 0.6) is 0 Å². The van der Waals surface area contributed by atoms with Gasteiger partial charge in [0.25, 0.3) is 0 Å². The molecule has 0 unspecified atom stereocenters. The molecule has 5 heteroatoms. The maximum Gasteiger partial charge on any atom is 0.310 e. The van der Waals surface area contributed by atoms with Gasteiger partial charge in [-0.15, -0.1) is 0 Å². The normalized spacial score (nSPS) is 14.2. The van der Waals surface area contributed by atoms with E-state index in [0.29, 0.717) is 19.3 Å². The number of amides is 1. The zero-order chi connectivity index (χ0) is 15.9. The molecule has 1 aromatic carbocycles. The second-order valence-corrected chi connectivity index (χ2v) is 5.52. The fourth-order valence-electron chi connectivity index (χ4n) is 2.44. The smallest absolute Gasteiger partial charge is 0.310 e. The summed E-state index contributed by atoms with van der Waals surface area (Å²) in [5, 5.41) is 0. The van der Waals surface area contributed by atoms with E-state index in [1.807, 2.05) is 24.3 Å². The third-order valence-electron chi connectivity index (χ3n) is 3.61. The minimum atomic E-state index is -0.298. The summed E-state index contributed by atoms with van der Waals surface area (Å²) in [6, 6.07) is 7.42. The number of carbonyl (C=O) groups excluding carboxylic acids is 3. The summed E-state index contributed by atoms with van der Waals surface area (Å²) >= 11 is 0. The Balaban J connectivity index is 1.79. The molecule has 5 nitrogen and oxygen atoms in total. The van der Waals surface area contributed by atoms with E-state index in [-0.39, 0.29) is 30.7 Å². The van der Waals surface area contributed by atoms with E-state index in [4.69, 9.17) is 4.74 Å². The molecule has 1 aromatic rings. The van der Waals surface area contributed by atoms with Gasteiger partial charge in [-0.3, -0.25) is 9.59 Å². The number of rotatable bonds is 7. The predicted molar refractivity (Wildman–Crippen MR) is 82.6 cm³/mol. The molecule has 2 rings (SSSR count). The van der Waals surface area contributed by atoms with Gasteiger partial charge in [-0.05, 0) is 37.5 Å². The van der Waals surface area contributed by atoms with Gasteiger partial charge in [0.1, 0.15) is 5.78 Å². The van der Waals surface area contributed by atoms with Crippen LogP contribution in [0.4, 0.5) is 5.69 Å². The van der Waals surface area contributed by atoms with Gasteiger partial charge in [-0.25, -0.2) is 0 Å². The summed E-state index contributed by atoms with van der Waals surface area (Å²) in [4.78, 5) is 35.9. The van der Waals surface area contributed by atoms with E-state index in [1.165, 1.54) is 6.92 Å². The van der Waals surface area contributed by atoms with Crippen LogP contribution >= 0.6 is 0 Å². The molecule has 118 valence electrons. The minimum Gasteiger partial charge on any atom is -0.465 e. The quantitative estimate of drug-likeness (QED) is 0.572. The van der Waals surface area contributed by atoms with Gasteiger partial charge < -0.3 is 14.4 Å². The van der Waals surface area contributed by atoms with Gasteiger partial charge in [-0.1, -0.05) is 12.1 Å². The molecule has 0 spiro atoms. The molecule has 1 fully saturated rings. The fourth-order valence-corrected chi connectivity index (χ4v) is 2.44. The second-order valence-electron chi connectivity index (χ2n) is 5.52. The van der Waals surface area contributed by atoms with Crippen LogP contribution in [0.2, 0.25) is 0 Å². The minimum absolute atomic E-state index is 0.100. The molecule has 0 saturated carbocycles. The number of hydrogen-bond acceptors (Lipinski definition) is 4. The molecule has 1 heterocycles. The van der Waals surface area contributed by atoms with Crippen molar-refractivity contribution in [3.8, 4) is 0 Å². The Morgan fingerprint density at radius 2 is 1.95 bits per heavy atom. The first kappa shape index (κ1) is 16.2. The largest absolute Gasteiger partial charge is 0.465 e. The second kappa shape index (κ2) is 7.73. The number of hydrogen-bond donors (Lipinski definition) is 0. The van der Waals surface area contributed by atoms with Crippen LogP contribution in [0.15, 0.2) is 24.3 Å². The number of ketones is 1. The van der Waals surface area contributed by atoms with Crippen LogP contribution in [0, 0.1) is 0 Å². The fraction of sp³-hybridized carbons (Fsp3) is 0.471. The zero-order valence-corrected chi connectivity index (χ0v) is 12.8. The Labute approximate surface area is 130 Å². The Morgan fingerprint density at radius 3 is 2.55 bits per heavy atom. The number of anilines is 1. The number of nitrogens with zero attached hydrogens (tertiary/aromatic N) is 1.